The summed E-state index contributed by atoms with van der Waals surface area (Å²) >= 11 is 0. The minimum atomic E-state index is -0.758. The predicted molar refractivity (Wildman–Crippen MR) is 38.5 cm³/mol. The Balaban J connectivity index is 3.56. The highest BCUT2D eigenvalue weighted by Crippen LogP contribution is 1.83. The molecule has 3 heteroatoms. The maximum absolute atomic E-state index is 9.99. The van der Waals surface area contributed by atoms with Crippen molar-refractivity contribution in [2.45, 2.75) is 13.8 Å². The van der Waals surface area contributed by atoms with Gasteiger partial charge in [-0.3, -0.25) is 0 Å². The lowest BCUT2D eigenvalue weighted by Crippen LogP contribution is -2.12. The van der Waals surface area contributed by atoms with Crippen LogP contribution in [0.5, 0.6) is 0 Å². The third-order valence-electron chi connectivity index (χ3n) is 0.700. The van der Waals surface area contributed by atoms with Crippen molar-refractivity contribution < 1.29 is 9.53 Å². The van der Waals surface area contributed by atoms with Gasteiger partial charge in [0.15, 0.2) is 0 Å². The van der Waals surface area contributed by atoms with E-state index in [1.54, 1.807) is 6.08 Å². The summed E-state index contributed by atoms with van der Waals surface area (Å²) < 4.78 is 4.40. The number of amides is 1. The first-order chi connectivity index (χ1) is 4.63. The molecule has 0 saturated heterocycles. The molecule has 0 atom stereocenters. The Hall–Kier alpha value is -1.21. The van der Waals surface area contributed by atoms with Crippen LogP contribution in [0.4, 0.5) is 4.79 Å². The molecule has 0 aliphatic rings. The van der Waals surface area contributed by atoms with E-state index in [1.165, 1.54) is 0 Å². The molecule has 3 nitrogen and oxygen atoms in total. The Morgan fingerprint density at radius 2 is 2.30 bits per heavy atom. The SMILES string of the molecule is CC(C)=C=CCOC(N)=O. The molecule has 0 aliphatic heterocycles. The monoisotopic (exact) mass is 141 g/mol. The van der Waals surface area contributed by atoms with Crippen molar-refractivity contribution in [3.8, 4) is 0 Å². The molecule has 2 N–H and O–H groups in total. The number of hydrogen-bond donors (Lipinski definition) is 1. The summed E-state index contributed by atoms with van der Waals surface area (Å²) in [5, 5.41) is 0. The highest BCUT2D eigenvalue weighted by atomic mass is 16.5. The summed E-state index contributed by atoms with van der Waals surface area (Å²) in [5.41, 5.74) is 8.59. The molecule has 0 rings (SSSR count). The van der Waals surface area contributed by atoms with Crippen molar-refractivity contribution in [2.24, 2.45) is 5.73 Å². The molecule has 56 valence electrons. The molecular formula is C7H11NO2. The molecule has 0 fully saturated rings. The highest BCUT2D eigenvalue weighted by Gasteiger charge is 1.85. The summed E-state index contributed by atoms with van der Waals surface area (Å²) in [6.45, 7) is 4.00. The Kier molecular flexibility index (Phi) is 4.09. The lowest BCUT2D eigenvalue weighted by molar-refractivity contribution is 0.169. The van der Waals surface area contributed by atoms with Gasteiger partial charge in [0.25, 0.3) is 0 Å². The van der Waals surface area contributed by atoms with Gasteiger partial charge in [-0.25, -0.2) is 4.79 Å². The van der Waals surface area contributed by atoms with Gasteiger partial charge < -0.3 is 10.5 Å². The van der Waals surface area contributed by atoms with Gasteiger partial charge in [-0.15, -0.1) is 5.73 Å². The number of carbonyl (C=O) groups excluding carboxylic acids is 1. The Morgan fingerprint density at radius 1 is 1.70 bits per heavy atom. The molecule has 0 aromatic heterocycles. The third-order valence-corrected chi connectivity index (χ3v) is 0.700. The van der Waals surface area contributed by atoms with E-state index in [9.17, 15) is 4.79 Å². The lowest BCUT2D eigenvalue weighted by atomic mass is 10.4. The van der Waals surface area contributed by atoms with Crippen molar-refractivity contribution >= 4 is 6.09 Å². The molecule has 0 aromatic carbocycles. The molecule has 0 spiro atoms. The summed E-state index contributed by atoms with van der Waals surface area (Å²) in [6.07, 6.45) is 0.854. The van der Waals surface area contributed by atoms with Crippen LogP contribution in [0.2, 0.25) is 0 Å². The molecule has 1 amide bonds. The van der Waals surface area contributed by atoms with Crippen molar-refractivity contribution in [3.05, 3.63) is 17.4 Å². The van der Waals surface area contributed by atoms with E-state index in [2.05, 4.69) is 10.5 Å². The molecule has 0 saturated carbocycles. The van der Waals surface area contributed by atoms with Gasteiger partial charge in [-0.2, -0.15) is 0 Å². The van der Waals surface area contributed by atoms with Crippen LogP contribution in [0.15, 0.2) is 17.4 Å². The lowest BCUT2D eigenvalue weighted by Gasteiger charge is -1.91. The van der Waals surface area contributed by atoms with Gasteiger partial charge >= 0.3 is 6.09 Å². The quantitative estimate of drug-likeness (QED) is 0.587. The average molecular weight is 141 g/mol. The molecule has 0 unspecified atom stereocenters. The van der Waals surface area contributed by atoms with Gasteiger partial charge in [0.1, 0.15) is 6.61 Å². The zero-order valence-corrected chi connectivity index (χ0v) is 6.18. The van der Waals surface area contributed by atoms with Gasteiger partial charge in [0, 0.05) is 0 Å². The van der Waals surface area contributed by atoms with Crippen LogP contribution in [0.1, 0.15) is 13.8 Å². The number of carbonyl (C=O) groups is 1. The maximum Gasteiger partial charge on any atom is 0.404 e. The third kappa shape index (κ3) is 6.79. The molecule has 0 aromatic rings. The molecule has 10 heavy (non-hydrogen) atoms. The standard InChI is InChI=1S/C7H11NO2/c1-6(2)4-3-5-10-7(8)9/h3H,5H2,1-2H3,(H2,8,9). The fourth-order valence-corrected chi connectivity index (χ4v) is 0.370. The van der Waals surface area contributed by atoms with Crippen molar-refractivity contribution in [1.29, 1.82) is 0 Å². The Morgan fingerprint density at radius 3 is 2.70 bits per heavy atom. The summed E-state index contributed by atoms with van der Waals surface area (Å²) in [4.78, 5) is 9.99. The predicted octanol–water partition coefficient (Wildman–Crippen LogP) is 1.20. The van der Waals surface area contributed by atoms with E-state index in [1.807, 2.05) is 13.8 Å². The van der Waals surface area contributed by atoms with E-state index in [-0.39, 0.29) is 6.61 Å². The zero-order chi connectivity index (χ0) is 7.98. The number of nitrogens with two attached hydrogens (primary N) is 1. The van der Waals surface area contributed by atoms with Crippen LogP contribution in [0.25, 0.3) is 0 Å². The first-order valence-electron chi connectivity index (χ1n) is 2.93. The van der Waals surface area contributed by atoms with Crippen molar-refractivity contribution in [1.82, 2.24) is 0 Å². The molecule has 0 radical (unpaired) electrons. The zero-order valence-electron chi connectivity index (χ0n) is 6.18. The summed E-state index contributed by atoms with van der Waals surface area (Å²) in [7, 11) is 0. The highest BCUT2D eigenvalue weighted by molar-refractivity contribution is 5.64. The normalized spacial score (nSPS) is 7.80. The van der Waals surface area contributed by atoms with Crippen molar-refractivity contribution in [2.75, 3.05) is 6.61 Å². The van der Waals surface area contributed by atoms with Crippen molar-refractivity contribution in [3.63, 3.8) is 0 Å². The number of ether oxygens (including phenoxy) is 1. The van der Waals surface area contributed by atoms with Crippen LogP contribution in [0.3, 0.4) is 0 Å². The topological polar surface area (TPSA) is 52.3 Å². The van der Waals surface area contributed by atoms with Gasteiger partial charge in [-0.1, -0.05) is 0 Å². The van der Waals surface area contributed by atoms with E-state index < -0.39 is 6.09 Å². The average Bonchev–Trinajstić information content (AvgIpc) is 1.79. The van der Waals surface area contributed by atoms with Gasteiger partial charge in [0.05, 0.1) is 0 Å². The number of primary amides is 1. The fourth-order valence-electron chi connectivity index (χ4n) is 0.370. The van der Waals surface area contributed by atoms with E-state index in [0.29, 0.717) is 0 Å². The van der Waals surface area contributed by atoms with Crippen LogP contribution >= 0.6 is 0 Å². The van der Waals surface area contributed by atoms with Crippen LogP contribution < -0.4 is 5.73 Å². The Labute approximate surface area is 60.2 Å². The number of rotatable bonds is 2. The van der Waals surface area contributed by atoms with Gasteiger partial charge in [-0.05, 0) is 25.5 Å². The van der Waals surface area contributed by atoms with E-state index in [0.717, 1.165) is 5.57 Å². The largest absolute Gasteiger partial charge is 0.445 e. The first kappa shape index (κ1) is 8.79. The van der Waals surface area contributed by atoms with Crippen LogP contribution in [0, 0.1) is 0 Å². The van der Waals surface area contributed by atoms with Crippen LogP contribution in [-0.4, -0.2) is 12.7 Å². The Bertz CT molecular complexity index is 174. The second-order valence-electron chi connectivity index (χ2n) is 1.98. The van der Waals surface area contributed by atoms with Gasteiger partial charge in [0.2, 0.25) is 0 Å². The number of hydrogen-bond acceptors (Lipinski definition) is 2. The maximum atomic E-state index is 9.99. The molecule has 0 heterocycles. The minimum Gasteiger partial charge on any atom is -0.445 e. The summed E-state index contributed by atoms with van der Waals surface area (Å²) in [6, 6.07) is 0. The molecule has 0 aliphatic carbocycles. The summed E-state index contributed by atoms with van der Waals surface area (Å²) in [5.74, 6) is 0. The smallest absolute Gasteiger partial charge is 0.404 e. The minimum absolute atomic E-state index is 0.195. The second kappa shape index (κ2) is 4.65. The molecular weight excluding hydrogens is 130 g/mol. The van der Waals surface area contributed by atoms with E-state index in [4.69, 9.17) is 5.73 Å². The van der Waals surface area contributed by atoms with Crippen LogP contribution in [-0.2, 0) is 4.74 Å². The molecule has 0 bridgehead atoms. The fraction of sp³-hybridized carbons (Fsp3) is 0.429. The van der Waals surface area contributed by atoms with E-state index >= 15 is 0 Å². The first-order valence-corrected chi connectivity index (χ1v) is 2.93. The second-order valence-corrected chi connectivity index (χ2v) is 1.98.